The van der Waals surface area contributed by atoms with Crippen molar-refractivity contribution in [3.05, 3.63) is 70.1 Å². The van der Waals surface area contributed by atoms with Gasteiger partial charge in [0.2, 0.25) is 5.91 Å². The zero-order chi connectivity index (χ0) is 19.4. The third-order valence-electron chi connectivity index (χ3n) is 4.09. The fourth-order valence-corrected chi connectivity index (χ4v) is 2.85. The lowest BCUT2D eigenvalue weighted by molar-refractivity contribution is -0.117. The first-order chi connectivity index (χ1) is 13.0. The average Bonchev–Trinajstić information content (AvgIpc) is 2.66. The normalized spacial score (nSPS) is 10.6. The lowest BCUT2D eigenvalue weighted by Crippen LogP contribution is -2.30. The van der Waals surface area contributed by atoms with Crippen LogP contribution in [0, 0.1) is 6.92 Å². The summed E-state index contributed by atoms with van der Waals surface area (Å²) in [4.78, 5) is 36.8. The first-order valence-electron chi connectivity index (χ1n) is 8.64. The monoisotopic (exact) mass is 364 g/mol. The molecular weight excluding hydrogens is 344 g/mol. The van der Waals surface area contributed by atoms with Gasteiger partial charge >= 0.3 is 0 Å². The maximum absolute atomic E-state index is 12.6. The Bertz CT molecular complexity index is 1070. The van der Waals surface area contributed by atoms with E-state index in [1.54, 1.807) is 43.3 Å². The number of fused-ring (bicyclic) bond motifs is 1. The quantitative estimate of drug-likeness (QED) is 0.725. The lowest BCUT2D eigenvalue weighted by Gasteiger charge is -2.10. The van der Waals surface area contributed by atoms with E-state index in [-0.39, 0.29) is 18.0 Å². The Balaban J connectivity index is 1.80. The number of hydrogen-bond acceptors (Lipinski definition) is 4. The van der Waals surface area contributed by atoms with Crippen LogP contribution in [0.4, 0.5) is 5.69 Å². The molecule has 138 valence electrons. The molecule has 1 heterocycles. The Labute approximate surface area is 156 Å². The number of aromatic nitrogens is 2. The van der Waals surface area contributed by atoms with Crippen molar-refractivity contribution in [2.45, 2.75) is 20.4 Å². The molecule has 27 heavy (non-hydrogen) atoms. The van der Waals surface area contributed by atoms with Gasteiger partial charge in [-0.3, -0.25) is 14.4 Å². The van der Waals surface area contributed by atoms with Gasteiger partial charge in [0.25, 0.3) is 11.5 Å². The number of carbonyl (C=O) groups excluding carboxylic acids is 2. The number of nitrogens with zero attached hydrogens (tertiary/aromatic N) is 2. The topological polar surface area (TPSA) is 93.1 Å². The first kappa shape index (κ1) is 18.3. The highest BCUT2D eigenvalue weighted by molar-refractivity contribution is 5.97. The van der Waals surface area contributed by atoms with Crippen molar-refractivity contribution in [2.75, 3.05) is 11.9 Å². The smallest absolute Gasteiger partial charge is 0.275 e. The Morgan fingerprint density at radius 2 is 1.81 bits per heavy atom. The highest BCUT2D eigenvalue weighted by Gasteiger charge is 2.12. The van der Waals surface area contributed by atoms with Crippen LogP contribution in [0.3, 0.4) is 0 Å². The molecule has 0 aliphatic rings. The van der Waals surface area contributed by atoms with Gasteiger partial charge in [0.15, 0.2) is 0 Å². The number of amides is 2. The third kappa shape index (κ3) is 4.03. The summed E-state index contributed by atoms with van der Waals surface area (Å²) in [6.07, 6.45) is 0. The van der Waals surface area contributed by atoms with Gasteiger partial charge < -0.3 is 10.6 Å². The van der Waals surface area contributed by atoms with Crippen LogP contribution >= 0.6 is 0 Å². The van der Waals surface area contributed by atoms with Crippen molar-refractivity contribution < 1.29 is 9.59 Å². The van der Waals surface area contributed by atoms with Gasteiger partial charge in [0.05, 0.1) is 11.1 Å². The molecule has 0 aliphatic carbocycles. The molecule has 0 spiro atoms. The Hall–Kier alpha value is -3.48. The molecule has 1 aromatic heterocycles. The van der Waals surface area contributed by atoms with Crippen molar-refractivity contribution in [2.24, 2.45) is 0 Å². The zero-order valence-corrected chi connectivity index (χ0v) is 15.2. The average molecular weight is 364 g/mol. The van der Waals surface area contributed by atoms with E-state index in [2.05, 4.69) is 15.7 Å². The van der Waals surface area contributed by atoms with Crippen LogP contribution in [0.1, 0.15) is 23.0 Å². The summed E-state index contributed by atoms with van der Waals surface area (Å²) < 4.78 is 1.15. The number of benzene rings is 2. The Morgan fingerprint density at radius 3 is 2.56 bits per heavy atom. The molecule has 0 unspecified atom stereocenters. The summed E-state index contributed by atoms with van der Waals surface area (Å²) in [6.45, 7) is 3.94. The summed E-state index contributed by atoms with van der Waals surface area (Å²) in [5.74, 6) is -0.607. The van der Waals surface area contributed by atoms with Crippen molar-refractivity contribution in [3.63, 3.8) is 0 Å². The van der Waals surface area contributed by atoms with E-state index in [4.69, 9.17) is 0 Å². The van der Waals surface area contributed by atoms with Crippen LogP contribution < -0.4 is 16.2 Å². The second kappa shape index (κ2) is 7.82. The van der Waals surface area contributed by atoms with E-state index in [1.165, 1.54) is 0 Å². The van der Waals surface area contributed by atoms with E-state index in [0.29, 0.717) is 28.9 Å². The van der Waals surface area contributed by atoms with Gasteiger partial charge in [-0.2, -0.15) is 5.10 Å². The van der Waals surface area contributed by atoms with E-state index in [1.807, 2.05) is 19.1 Å². The summed E-state index contributed by atoms with van der Waals surface area (Å²) in [5, 5.41) is 10.9. The molecule has 2 N–H and O–H groups in total. The summed E-state index contributed by atoms with van der Waals surface area (Å²) >= 11 is 0. The fourth-order valence-electron chi connectivity index (χ4n) is 2.85. The van der Waals surface area contributed by atoms with E-state index >= 15 is 0 Å². The maximum Gasteiger partial charge on any atom is 0.275 e. The summed E-state index contributed by atoms with van der Waals surface area (Å²) in [6, 6.07) is 13.8. The van der Waals surface area contributed by atoms with Gasteiger partial charge in [0, 0.05) is 23.2 Å². The standard InChI is InChI=1S/C20H20N4O3/c1-3-21-19(26)14-7-6-8-15(11-14)22-18(25)12-24-20(27)17-10-5-4-9-16(17)13(2)23-24/h4-11H,3,12H2,1-2H3,(H,21,26)(H,22,25). The van der Waals surface area contributed by atoms with Gasteiger partial charge in [0.1, 0.15) is 6.54 Å². The Morgan fingerprint density at radius 1 is 1.07 bits per heavy atom. The number of nitrogens with one attached hydrogen (secondary N) is 2. The van der Waals surface area contributed by atoms with Crippen LogP contribution in [-0.4, -0.2) is 28.1 Å². The molecule has 0 atom stereocenters. The van der Waals surface area contributed by atoms with E-state index < -0.39 is 5.91 Å². The zero-order valence-electron chi connectivity index (χ0n) is 15.2. The molecule has 0 aliphatic heterocycles. The minimum absolute atomic E-state index is 0.211. The number of aryl methyl sites for hydroxylation is 1. The van der Waals surface area contributed by atoms with Crippen LogP contribution in [-0.2, 0) is 11.3 Å². The first-order valence-corrected chi connectivity index (χ1v) is 8.64. The molecular formula is C20H20N4O3. The minimum atomic E-state index is -0.396. The second-order valence-corrected chi connectivity index (χ2v) is 6.08. The minimum Gasteiger partial charge on any atom is -0.352 e. The van der Waals surface area contributed by atoms with E-state index in [9.17, 15) is 14.4 Å². The van der Waals surface area contributed by atoms with Crippen LogP contribution in [0.15, 0.2) is 53.3 Å². The van der Waals surface area contributed by atoms with Gasteiger partial charge in [-0.15, -0.1) is 0 Å². The molecule has 2 aromatic carbocycles. The molecule has 0 saturated carbocycles. The fraction of sp³-hybridized carbons (Fsp3) is 0.200. The van der Waals surface area contributed by atoms with Crippen LogP contribution in [0.25, 0.3) is 10.8 Å². The lowest BCUT2D eigenvalue weighted by atomic mass is 10.1. The highest BCUT2D eigenvalue weighted by Crippen LogP contribution is 2.13. The molecule has 0 bridgehead atoms. The van der Waals surface area contributed by atoms with Gasteiger partial charge in [-0.1, -0.05) is 24.3 Å². The Kier molecular flexibility index (Phi) is 5.30. The number of carbonyl (C=O) groups is 2. The SMILES string of the molecule is CCNC(=O)c1cccc(NC(=O)Cn2nc(C)c3ccccc3c2=O)c1. The van der Waals surface area contributed by atoms with Crippen molar-refractivity contribution in [3.8, 4) is 0 Å². The highest BCUT2D eigenvalue weighted by atomic mass is 16.2. The third-order valence-corrected chi connectivity index (χ3v) is 4.09. The van der Waals surface area contributed by atoms with Crippen LogP contribution in [0.5, 0.6) is 0 Å². The molecule has 7 nitrogen and oxygen atoms in total. The van der Waals surface area contributed by atoms with Crippen molar-refractivity contribution >= 4 is 28.3 Å². The van der Waals surface area contributed by atoms with Gasteiger partial charge in [-0.25, -0.2) is 4.68 Å². The maximum atomic E-state index is 12.6. The molecule has 3 aromatic rings. The van der Waals surface area contributed by atoms with Crippen molar-refractivity contribution in [1.82, 2.24) is 15.1 Å². The number of hydrogen-bond donors (Lipinski definition) is 2. The number of anilines is 1. The van der Waals surface area contributed by atoms with Gasteiger partial charge in [-0.05, 0) is 38.1 Å². The van der Waals surface area contributed by atoms with Crippen molar-refractivity contribution in [1.29, 1.82) is 0 Å². The molecule has 7 heteroatoms. The molecule has 0 saturated heterocycles. The second-order valence-electron chi connectivity index (χ2n) is 6.08. The molecule has 0 fully saturated rings. The summed E-state index contributed by atoms with van der Waals surface area (Å²) in [7, 11) is 0. The molecule has 2 amide bonds. The van der Waals surface area contributed by atoms with Crippen LogP contribution in [0.2, 0.25) is 0 Å². The predicted octanol–water partition coefficient (Wildman–Crippen LogP) is 2.09. The molecule has 3 rings (SSSR count). The van der Waals surface area contributed by atoms with E-state index in [0.717, 1.165) is 10.1 Å². The summed E-state index contributed by atoms with van der Waals surface area (Å²) in [5.41, 5.74) is 1.29. The number of rotatable bonds is 5. The largest absolute Gasteiger partial charge is 0.352 e. The predicted molar refractivity (Wildman–Crippen MR) is 104 cm³/mol. The molecule has 0 radical (unpaired) electrons.